The van der Waals surface area contributed by atoms with Gasteiger partial charge >= 0.3 is 0 Å². The first kappa shape index (κ1) is 22.4. The number of nitrogens with zero attached hydrogens (tertiary/aromatic N) is 4. The summed E-state index contributed by atoms with van der Waals surface area (Å²) in [7, 11) is 0. The topological polar surface area (TPSA) is 71.0 Å². The maximum absolute atomic E-state index is 12.2. The van der Waals surface area contributed by atoms with E-state index in [0.29, 0.717) is 16.8 Å². The number of para-hydroxylation sites is 1. The van der Waals surface area contributed by atoms with E-state index in [4.69, 9.17) is 0 Å². The lowest BCUT2D eigenvalue weighted by Crippen LogP contribution is -2.22. The molecule has 0 atom stereocenters. The number of nitrogens with one attached hydrogen (secondary N) is 1. The molecular weight excluding hydrogens is 458 g/mol. The predicted molar refractivity (Wildman–Crippen MR) is 135 cm³/mol. The molecule has 4 aromatic rings. The van der Waals surface area contributed by atoms with E-state index in [9.17, 15) is 4.79 Å². The van der Waals surface area contributed by atoms with Gasteiger partial charge in [-0.1, -0.05) is 67.3 Å². The molecule has 0 unspecified atom stereocenters. The Kier molecular flexibility index (Phi) is 7.19. The highest BCUT2D eigenvalue weighted by Gasteiger charge is 2.18. The van der Waals surface area contributed by atoms with Crippen molar-refractivity contribution >= 4 is 62.0 Å². The standard InChI is InChI=1S/C23H23N5OS3/c1-15(2)17-9-11-18(12-10-17)24-21-26-27-23(32-21)31-14-19-13-30-22(25-19)28(16(3)29)20-7-5-4-6-8-20/h4-13,15H,14H2,1-3H3,(H,24,26). The molecule has 32 heavy (non-hydrogen) atoms. The van der Waals surface area contributed by atoms with E-state index in [1.807, 2.05) is 35.7 Å². The van der Waals surface area contributed by atoms with Crippen LogP contribution in [0.5, 0.6) is 0 Å². The number of carbonyl (C=O) groups excluding carboxylic acids is 1. The van der Waals surface area contributed by atoms with Crippen LogP contribution in [0.1, 0.15) is 37.9 Å². The summed E-state index contributed by atoms with van der Waals surface area (Å²) in [6.07, 6.45) is 0. The van der Waals surface area contributed by atoms with Crippen molar-refractivity contribution in [3.63, 3.8) is 0 Å². The number of hydrogen-bond acceptors (Lipinski definition) is 8. The molecule has 0 radical (unpaired) electrons. The molecule has 0 aliphatic carbocycles. The van der Waals surface area contributed by atoms with E-state index in [-0.39, 0.29) is 5.91 Å². The molecular formula is C23H23N5OS3. The first-order valence-corrected chi connectivity index (χ1v) is 12.8. The Hall–Kier alpha value is -2.75. The normalized spacial score (nSPS) is 11.0. The summed E-state index contributed by atoms with van der Waals surface area (Å²) in [6, 6.07) is 17.9. The van der Waals surface area contributed by atoms with Crippen LogP contribution in [0.4, 0.5) is 21.6 Å². The van der Waals surface area contributed by atoms with Gasteiger partial charge < -0.3 is 5.32 Å². The third-order valence-corrected chi connectivity index (χ3v) is 7.52. The fourth-order valence-electron chi connectivity index (χ4n) is 3.00. The van der Waals surface area contributed by atoms with Gasteiger partial charge in [0, 0.05) is 23.7 Å². The summed E-state index contributed by atoms with van der Waals surface area (Å²) in [6.45, 7) is 5.91. The maximum Gasteiger partial charge on any atom is 0.230 e. The van der Waals surface area contributed by atoms with E-state index >= 15 is 0 Å². The summed E-state index contributed by atoms with van der Waals surface area (Å²) in [4.78, 5) is 18.5. The number of anilines is 4. The second-order valence-electron chi connectivity index (χ2n) is 7.37. The zero-order valence-corrected chi connectivity index (χ0v) is 20.4. The number of aromatic nitrogens is 3. The third kappa shape index (κ3) is 5.53. The molecule has 2 heterocycles. The third-order valence-electron chi connectivity index (χ3n) is 4.64. The van der Waals surface area contributed by atoms with Crippen molar-refractivity contribution in [3.05, 3.63) is 71.2 Å². The largest absolute Gasteiger partial charge is 0.330 e. The van der Waals surface area contributed by atoms with Crippen LogP contribution in [-0.4, -0.2) is 21.1 Å². The molecule has 2 aromatic carbocycles. The lowest BCUT2D eigenvalue weighted by molar-refractivity contribution is -0.115. The van der Waals surface area contributed by atoms with Crippen molar-refractivity contribution in [2.24, 2.45) is 0 Å². The number of carbonyl (C=O) groups is 1. The average Bonchev–Trinajstić information content (AvgIpc) is 3.43. The minimum atomic E-state index is -0.0639. The maximum atomic E-state index is 12.2. The monoisotopic (exact) mass is 481 g/mol. The van der Waals surface area contributed by atoms with E-state index < -0.39 is 0 Å². The molecule has 6 nitrogen and oxygen atoms in total. The first-order valence-electron chi connectivity index (χ1n) is 10.1. The molecule has 2 aromatic heterocycles. The minimum absolute atomic E-state index is 0.0639. The Balaban J connectivity index is 1.37. The molecule has 1 N–H and O–H groups in total. The van der Waals surface area contributed by atoms with Crippen LogP contribution < -0.4 is 10.2 Å². The molecule has 164 valence electrons. The van der Waals surface area contributed by atoms with Crippen LogP contribution in [0.15, 0.2) is 64.3 Å². The highest BCUT2D eigenvalue weighted by Crippen LogP contribution is 2.33. The van der Waals surface area contributed by atoms with E-state index in [2.05, 4.69) is 58.6 Å². The van der Waals surface area contributed by atoms with Crippen LogP contribution in [0.25, 0.3) is 0 Å². The van der Waals surface area contributed by atoms with Crippen molar-refractivity contribution in [3.8, 4) is 0 Å². The van der Waals surface area contributed by atoms with Crippen molar-refractivity contribution in [2.45, 2.75) is 36.8 Å². The van der Waals surface area contributed by atoms with Gasteiger partial charge in [-0.3, -0.25) is 9.69 Å². The minimum Gasteiger partial charge on any atom is -0.330 e. The molecule has 0 bridgehead atoms. The van der Waals surface area contributed by atoms with E-state index in [1.165, 1.54) is 28.2 Å². The van der Waals surface area contributed by atoms with Crippen molar-refractivity contribution < 1.29 is 4.79 Å². The lowest BCUT2D eigenvalue weighted by atomic mass is 10.0. The van der Waals surface area contributed by atoms with E-state index in [1.54, 1.807) is 23.6 Å². The highest BCUT2D eigenvalue weighted by molar-refractivity contribution is 8.00. The Bertz CT molecular complexity index is 1170. The Morgan fingerprint density at radius 1 is 1.09 bits per heavy atom. The van der Waals surface area contributed by atoms with Gasteiger partial charge in [-0.2, -0.15) is 0 Å². The van der Waals surface area contributed by atoms with Crippen molar-refractivity contribution in [1.82, 2.24) is 15.2 Å². The van der Waals surface area contributed by atoms with E-state index in [0.717, 1.165) is 26.5 Å². The molecule has 0 aliphatic rings. The van der Waals surface area contributed by atoms with Gasteiger partial charge in [-0.25, -0.2) is 4.98 Å². The SMILES string of the molecule is CC(=O)N(c1ccccc1)c1nc(CSc2nnc(Nc3ccc(C(C)C)cc3)s2)cs1. The molecule has 0 saturated carbocycles. The second-order valence-corrected chi connectivity index (χ2v) is 10.4. The average molecular weight is 482 g/mol. The lowest BCUT2D eigenvalue weighted by Gasteiger charge is -2.17. The molecule has 4 rings (SSSR count). The molecule has 1 amide bonds. The Labute approximate surface area is 199 Å². The summed E-state index contributed by atoms with van der Waals surface area (Å²) in [5, 5.41) is 15.2. The molecule has 0 aliphatic heterocycles. The van der Waals surface area contributed by atoms with Crippen LogP contribution >= 0.6 is 34.4 Å². The predicted octanol–water partition coefficient (Wildman–Crippen LogP) is 6.84. The number of thioether (sulfide) groups is 1. The quantitative estimate of drug-likeness (QED) is 0.278. The van der Waals surface area contributed by atoms with Crippen molar-refractivity contribution in [2.75, 3.05) is 10.2 Å². The van der Waals surface area contributed by atoms with Gasteiger partial charge in [0.25, 0.3) is 0 Å². The summed E-state index contributed by atoms with van der Waals surface area (Å²) < 4.78 is 0.868. The van der Waals surface area contributed by atoms with Gasteiger partial charge in [0.05, 0.1) is 11.4 Å². The fourth-order valence-corrected chi connectivity index (χ4v) is 5.66. The second kappa shape index (κ2) is 10.2. The van der Waals surface area contributed by atoms with Gasteiger partial charge in [-0.05, 0) is 35.7 Å². The summed E-state index contributed by atoms with van der Waals surface area (Å²) in [5.41, 5.74) is 4.03. The van der Waals surface area contributed by atoms with Gasteiger partial charge in [0.15, 0.2) is 9.47 Å². The van der Waals surface area contributed by atoms with Crippen LogP contribution in [-0.2, 0) is 10.5 Å². The van der Waals surface area contributed by atoms with Crippen LogP contribution in [0.3, 0.4) is 0 Å². The van der Waals surface area contributed by atoms with Crippen LogP contribution in [0.2, 0.25) is 0 Å². The van der Waals surface area contributed by atoms with Gasteiger partial charge in [0.2, 0.25) is 11.0 Å². The Morgan fingerprint density at radius 3 is 2.53 bits per heavy atom. The number of rotatable bonds is 8. The van der Waals surface area contributed by atoms with Gasteiger partial charge in [-0.15, -0.1) is 21.5 Å². The Morgan fingerprint density at radius 2 is 1.84 bits per heavy atom. The van der Waals surface area contributed by atoms with Crippen LogP contribution in [0, 0.1) is 0 Å². The molecule has 9 heteroatoms. The zero-order chi connectivity index (χ0) is 22.5. The van der Waals surface area contributed by atoms with Crippen molar-refractivity contribution in [1.29, 1.82) is 0 Å². The smallest absolute Gasteiger partial charge is 0.230 e. The molecule has 0 spiro atoms. The number of amides is 1. The summed E-state index contributed by atoms with van der Waals surface area (Å²) >= 11 is 4.56. The highest BCUT2D eigenvalue weighted by atomic mass is 32.2. The fraction of sp³-hybridized carbons (Fsp3) is 0.217. The summed E-state index contributed by atoms with van der Waals surface area (Å²) in [5.74, 6) is 1.11. The number of hydrogen-bond donors (Lipinski definition) is 1. The van der Waals surface area contributed by atoms with Gasteiger partial charge in [0.1, 0.15) is 0 Å². The number of thiazole rings is 1. The zero-order valence-electron chi connectivity index (χ0n) is 18.0. The number of benzene rings is 2. The molecule has 0 saturated heterocycles. The molecule has 0 fully saturated rings. The first-order chi connectivity index (χ1) is 15.5.